The summed E-state index contributed by atoms with van der Waals surface area (Å²) in [6.07, 6.45) is 3.94. The summed E-state index contributed by atoms with van der Waals surface area (Å²) in [4.78, 5) is 29.5. The Bertz CT molecular complexity index is 895. The molecule has 0 unspecified atom stereocenters. The molecule has 0 N–H and O–H groups in total. The summed E-state index contributed by atoms with van der Waals surface area (Å²) in [6, 6.07) is 7.95. The van der Waals surface area contributed by atoms with E-state index in [0.29, 0.717) is 12.2 Å². The van der Waals surface area contributed by atoms with E-state index in [1.807, 2.05) is 4.90 Å². The van der Waals surface area contributed by atoms with E-state index in [2.05, 4.69) is 40.0 Å². The van der Waals surface area contributed by atoms with Crippen LogP contribution in [-0.2, 0) is 0 Å². The van der Waals surface area contributed by atoms with Crippen LogP contribution >= 0.6 is 11.3 Å². The largest absolute Gasteiger partial charge is 0.346 e. The third-order valence-electron chi connectivity index (χ3n) is 4.46. The van der Waals surface area contributed by atoms with Gasteiger partial charge in [-0.25, -0.2) is 15.0 Å². The number of carbonyl (C=O) groups excluding carboxylic acids is 1. The minimum absolute atomic E-state index is 0.0237. The number of fused-ring (bicyclic) bond motifs is 1. The summed E-state index contributed by atoms with van der Waals surface area (Å²) in [5, 5.41) is 1.04. The van der Waals surface area contributed by atoms with E-state index in [-0.39, 0.29) is 5.91 Å². The predicted octanol–water partition coefficient (Wildman–Crippen LogP) is 2.75. The van der Waals surface area contributed by atoms with Crippen LogP contribution in [0.3, 0.4) is 0 Å². The third kappa shape index (κ3) is 3.19. The molecule has 7 heteroatoms. The molecule has 0 atom stereocenters. The number of benzene rings is 1. The fraction of sp³-hybridized carbons (Fsp3) is 0.333. The third-order valence-corrected chi connectivity index (χ3v) is 5.55. The summed E-state index contributed by atoms with van der Waals surface area (Å²) in [5.74, 6) is -0.0237. The monoisotopic (exact) mass is 353 g/mol. The fourth-order valence-electron chi connectivity index (χ4n) is 3.10. The molecule has 6 nitrogen and oxygen atoms in total. The normalized spacial score (nSPS) is 15.4. The van der Waals surface area contributed by atoms with Gasteiger partial charge in [-0.1, -0.05) is 23.5 Å². The van der Waals surface area contributed by atoms with Crippen molar-refractivity contribution in [2.75, 3.05) is 31.1 Å². The molecule has 0 radical (unpaired) electrons. The van der Waals surface area contributed by atoms with Crippen LogP contribution in [0.5, 0.6) is 0 Å². The number of para-hydroxylation sites is 1. The average Bonchev–Trinajstić information content (AvgIpc) is 2.93. The SMILES string of the molecule is Cc1cccc2sc(N3CCCN(C(=O)c4ccncn4)CC3)nc12. The number of thiazole rings is 1. The zero-order valence-electron chi connectivity index (χ0n) is 14.1. The van der Waals surface area contributed by atoms with Gasteiger partial charge in [0.25, 0.3) is 5.91 Å². The van der Waals surface area contributed by atoms with E-state index in [0.717, 1.165) is 36.7 Å². The lowest BCUT2D eigenvalue weighted by Gasteiger charge is -2.21. The number of carbonyl (C=O) groups is 1. The number of aryl methyl sites for hydroxylation is 1. The van der Waals surface area contributed by atoms with Crippen molar-refractivity contribution in [1.29, 1.82) is 0 Å². The summed E-state index contributed by atoms with van der Waals surface area (Å²) in [7, 11) is 0. The number of nitrogens with zero attached hydrogens (tertiary/aromatic N) is 5. The molecule has 2 aromatic heterocycles. The maximum Gasteiger partial charge on any atom is 0.272 e. The molecule has 4 rings (SSSR count). The molecule has 1 fully saturated rings. The van der Waals surface area contributed by atoms with Crippen LogP contribution in [0.2, 0.25) is 0 Å². The molecule has 3 aromatic rings. The van der Waals surface area contributed by atoms with Gasteiger partial charge >= 0.3 is 0 Å². The van der Waals surface area contributed by atoms with Crippen LogP contribution in [0.1, 0.15) is 22.5 Å². The standard InChI is InChI=1S/C18H19N5OS/c1-13-4-2-5-15-16(13)21-18(25-15)23-9-3-8-22(10-11-23)17(24)14-6-7-19-12-20-14/h2,4-7,12H,3,8-11H2,1H3. The fourth-order valence-corrected chi connectivity index (χ4v) is 4.20. The van der Waals surface area contributed by atoms with Crippen LogP contribution in [0.4, 0.5) is 5.13 Å². The smallest absolute Gasteiger partial charge is 0.272 e. The summed E-state index contributed by atoms with van der Waals surface area (Å²) < 4.78 is 1.22. The van der Waals surface area contributed by atoms with Crippen molar-refractivity contribution in [3.05, 3.63) is 48.0 Å². The Morgan fingerprint density at radius 1 is 1.16 bits per heavy atom. The van der Waals surface area contributed by atoms with Gasteiger partial charge in [-0.15, -0.1) is 0 Å². The number of rotatable bonds is 2. The van der Waals surface area contributed by atoms with E-state index < -0.39 is 0 Å². The molecule has 3 heterocycles. The number of hydrogen-bond acceptors (Lipinski definition) is 6. The van der Waals surface area contributed by atoms with E-state index >= 15 is 0 Å². The lowest BCUT2D eigenvalue weighted by atomic mass is 10.2. The van der Waals surface area contributed by atoms with Crippen molar-refractivity contribution < 1.29 is 4.79 Å². The van der Waals surface area contributed by atoms with Crippen molar-refractivity contribution >= 4 is 32.6 Å². The number of amides is 1. The summed E-state index contributed by atoms with van der Waals surface area (Å²) in [6.45, 7) is 5.21. The highest BCUT2D eigenvalue weighted by atomic mass is 32.1. The Morgan fingerprint density at radius 2 is 2.08 bits per heavy atom. The van der Waals surface area contributed by atoms with Gasteiger partial charge < -0.3 is 9.80 Å². The number of anilines is 1. The van der Waals surface area contributed by atoms with Crippen molar-refractivity contribution in [3.63, 3.8) is 0 Å². The second-order valence-electron chi connectivity index (χ2n) is 6.15. The molecule has 25 heavy (non-hydrogen) atoms. The minimum Gasteiger partial charge on any atom is -0.346 e. The molecule has 1 amide bonds. The molecule has 0 bridgehead atoms. The second-order valence-corrected chi connectivity index (χ2v) is 7.15. The van der Waals surface area contributed by atoms with E-state index in [9.17, 15) is 4.79 Å². The van der Waals surface area contributed by atoms with Gasteiger partial charge in [-0.3, -0.25) is 4.79 Å². The van der Waals surface area contributed by atoms with Gasteiger partial charge in [0.2, 0.25) is 0 Å². The van der Waals surface area contributed by atoms with Crippen molar-refractivity contribution in [1.82, 2.24) is 19.9 Å². The number of hydrogen-bond donors (Lipinski definition) is 0. The molecular formula is C18H19N5OS. The van der Waals surface area contributed by atoms with E-state index in [1.165, 1.54) is 16.6 Å². The van der Waals surface area contributed by atoms with Crippen LogP contribution in [-0.4, -0.2) is 51.9 Å². The first kappa shape index (κ1) is 16.0. The van der Waals surface area contributed by atoms with Gasteiger partial charge in [0.05, 0.1) is 10.2 Å². The zero-order chi connectivity index (χ0) is 17.2. The molecule has 1 aromatic carbocycles. The topological polar surface area (TPSA) is 62.2 Å². The highest BCUT2D eigenvalue weighted by Crippen LogP contribution is 2.31. The van der Waals surface area contributed by atoms with Crippen LogP contribution in [0.15, 0.2) is 36.8 Å². The Hall–Kier alpha value is -2.54. The van der Waals surface area contributed by atoms with Gasteiger partial charge in [0, 0.05) is 32.4 Å². The van der Waals surface area contributed by atoms with Crippen LogP contribution < -0.4 is 4.90 Å². The van der Waals surface area contributed by atoms with E-state index in [1.54, 1.807) is 23.6 Å². The highest BCUT2D eigenvalue weighted by molar-refractivity contribution is 7.22. The zero-order valence-corrected chi connectivity index (χ0v) is 14.9. The Balaban J connectivity index is 1.51. The predicted molar refractivity (Wildman–Crippen MR) is 99.1 cm³/mol. The van der Waals surface area contributed by atoms with Crippen molar-refractivity contribution in [2.45, 2.75) is 13.3 Å². The molecule has 0 saturated carbocycles. The van der Waals surface area contributed by atoms with Gasteiger partial charge in [0.15, 0.2) is 5.13 Å². The van der Waals surface area contributed by atoms with Gasteiger partial charge in [-0.05, 0) is 31.0 Å². The van der Waals surface area contributed by atoms with E-state index in [4.69, 9.17) is 4.98 Å². The Labute approximate surface area is 150 Å². The lowest BCUT2D eigenvalue weighted by Crippen LogP contribution is -2.35. The second kappa shape index (κ2) is 6.76. The van der Waals surface area contributed by atoms with Crippen molar-refractivity contribution in [2.24, 2.45) is 0 Å². The molecule has 0 spiro atoms. The molecule has 1 saturated heterocycles. The molecule has 128 valence electrons. The maximum absolute atomic E-state index is 12.6. The first-order chi connectivity index (χ1) is 12.2. The van der Waals surface area contributed by atoms with Crippen LogP contribution in [0, 0.1) is 6.92 Å². The molecular weight excluding hydrogens is 334 g/mol. The molecule has 0 aliphatic carbocycles. The summed E-state index contributed by atoms with van der Waals surface area (Å²) >= 11 is 1.72. The first-order valence-corrected chi connectivity index (χ1v) is 9.20. The van der Waals surface area contributed by atoms with Crippen molar-refractivity contribution in [3.8, 4) is 0 Å². The molecule has 1 aliphatic heterocycles. The minimum atomic E-state index is -0.0237. The quantitative estimate of drug-likeness (QED) is 0.709. The maximum atomic E-state index is 12.6. The average molecular weight is 353 g/mol. The lowest BCUT2D eigenvalue weighted by molar-refractivity contribution is 0.0761. The molecule has 1 aliphatic rings. The first-order valence-electron chi connectivity index (χ1n) is 8.39. The highest BCUT2D eigenvalue weighted by Gasteiger charge is 2.22. The Morgan fingerprint density at radius 3 is 2.88 bits per heavy atom. The van der Waals surface area contributed by atoms with Crippen LogP contribution in [0.25, 0.3) is 10.2 Å². The number of aromatic nitrogens is 3. The summed E-state index contributed by atoms with van der Waals surface area (Å²) in [5.41, 5.74) is 2.75. The van der Waals surface area contributed by atoms with Gasteiger partial charge in [0.1, 0.15) is 12.0 Å². The Kier molecular flexibility index (Phi) is 4.31. The van der Waals surface area contributed by atoms with Gasteiger partial charge in [-0.2, -0.15) is 0 Å².